The number of non-ortho nitro benzene ring substituents is 1. The van der Waals surface area contributed by atoms with Gasteiger partial charge in [-0.05, 0) is 44.2 Å². The minimum absolute atomic E-state index is 0.0723. The molecule has 1 aliphatic rings. The van der Waals surface area contributed by atoms with Crippen LogP contribution < -0.4 is 10.5 Å². The minimum Gasteiger partial charge on any atom is -0.490 e. The van der Waals surface area contributed by atoms with Crippen molar-refractivity contribution in [1.82, 2.24) is 0 Å². The molecule has 1 aromatic rings. The van der Waals surface area contributed by atoms with Crippen molar-refractivity contribution in [3.05, 3.63) is 33.9 Å². The molecule has 0 unspecified atom stereocenters. The second-order valence-corrected chi connectivity index (χ2v) is 4.86. The largest absolute Gasteiger partial charge is 0.490 e. The molecule has 0 spiro atoms. The zero-order chi connectivity index (χ0) is 13.1. The number of benzene rings is 1. The van der Waals surface area contributed by atoms with Crippen LogP contribution in [0.3, 0.4) is 0 Å². The number of nitrogens with zero attached hydrogens (tertiary/aromatic N) is 1. The summed E-state index contributed by atoms with van der Waals surface area (Å²) in [5.74, 6) is 0.615. The Hall–Kier alpha value is -1.62. The molecule has 1 fully saturated rings. The summed E-state index contributed by atoms with van der Waals surface area (Å²) in [7, 11) is 0. The zero-order valence-electron chi connectivity index (χ0n) is 10.5. The first-order valence-electron chi connectivity index (χ1n) is 6.23. The van der Waals surface area contributed by atoms with Gasteiger partial charge < -0.3 is 10.5 Å². The standard InChI is InChI=1S/C13H18N2O3/c1-9-2-5-11(15(16)17)8-13(9)18-12-6-3-10(14)4-7-12/h2,5,8,10,12H,3-4,6-7,14H2,1H3. The normalized spacial score (nSPS) is 23.7. The zero-order valence-corrected chi connectivity index (χ0v) is 10.5. The fraction of sp³-hybridized carbons (Fsp3) is 0.538. The van der Waals surface area contributed by atoms with Gasteiger partial charge in [0.15, 0.2) is 0 Å². The Morgan fingerprint density at radius 2 is 2.00 bits per heavy atom. The summed E-state index contributed by atoms with van der Waals surface area (Å²) < 4.78 is 5.87. The fourth-order valence-corrected chi connectivity index (χ4v) is 2.22. The van der Waals surface area contributed by atoms with Crippen LogP contribution in [-0.4, -0.2) is 17.1 Å². The van der Waals surface area contributed by atoms with Crippen LogP contribution in [-0.2, 0) is 0 Å². The Labute approximate surface area is 106 Å². The number of nitro benzene ring substituents is 1. The molecule has 0 aliphatic heterocycles. The summed E-state index contributed by atoms with van der Waals surface area (Å²) in [5, 5.41) is 10.7. The molecule has 5 nitrogen and oxygen atoms in total. The molecule has 2 N–H and O–H groups in total. The molecular weight excluding hydrogens is 232 g/mol. The molecule has 0 heterocycles. The molecule has 0 bridgehead atoms. The van der Waals surface area contributed by atoms with Crippen molar-refractivity contribution in [2.75, 3.05) is 0 Å². The summed E-state index contributed by atoms with van der Waals surface area (Å²) in [6.07, 6.45) is 3.88. The van der Waals surface area contributed by atoms with Crippen LogP contribution in [0.25, 0.3) is 0 Å². The third-order valence-corrected chi connectivity index (χ3v) is 3.40. The Morgan fingerprint density at radius 3 is 2.61 bits per heavy atom. The highest BCUT2D eigenvalue weighted by molar-refractivity contribution is 5.43. The predicted octanol–water partition coefficient (Wildman–Crippen LogP) is 2.55. The van der Waals surface area contributed by atoms with Gasteiger partial charge in [-0.15, -0.1) is 0 Å². The maximum Gasteiger partial charge on any atom is 0.273 e. The molecule has 5 heteroatoms. The van der Waals surface area contributed by atoms with E-state index in [0.717, 1.165) is 31.2 Å². The van der Waals surface area contributed by atoms with Crippen LogP contribution >= 0.6 is 0 Å². The van der Waals surface area contributed by atoms with Crippen LogP contribution in [0.5, 0.6) is 5.75 Å². The quantitative estimate of drug-likeness (QED) is 0.660. The van der Waals surface area contributed by atoms with Gasteiger partial charge in [0, 0.05) is 12.1 Å². The van der Waals surface area contributed by atoms with Crippen molar-refractivity contribution < 1.29 is 9.66 Å². The molecule has 1 saturated carbocycles. The van der Waals surface area contributed by atoms with Crippen molar-refractivity contribution in [3.8, 4) is 5.75 Å². The lowest BCUT2D eigenvalue weighted by molar-refractivity contribution is -0.385. The van der Waals surface area contributed by atoms with Crippen LogP contribution in [0.1, 0.15) is 31.2 Å². The van der Waals surface area contributed by atoms with E-state index in [1.54, 1.807) is 6.07 Å². The van der Waals surface area contributed by atoms with E-state index in [9.17, 15) is 10.1 Å². The number of ether oxygens (including phenoxy) is 1. The molecule has 0 amide bonds. The number of hydrogen-bond acceptors (Lipinski definition) is 4. The number of hydrogen-bond donors (Lipinski definition) is 1. The monoisotopic (exact) mass is 250 g/mol. The molecule has 2 rings (SSSR count). The maximum absolute atomic E-state index is 10.7. The van der Waals surface area contributed by atoms with Crippen molar-refractivity contribution in [2.45, 2.75) is 44.8 Å². The molecule has 0 atom stereocenters. The Kier molecular flexibility index (Phi) is 3.81. The molecule has 98 valence electrons. The van der Waals surface area contributed by atoms with Crippen LogP contribution in [0.15, 0.2) is 18.2 Å². The van der Waals surface area contributed by atoms with Crippen molar-refractivity contribution in [1.29, 1.82) is 0 Å². The van der Waals surface area contributed by atoms with Gasteiger partial charge in [0.05, 0.1) is 17.1 Å². The summed E-state index contributed by atoms with van der Waals surface area (Å²) in [6.45, 7) is 1.90. The molecule has 0 radical (unpaired) electrons. The third kappa shape index (κ3) is 2.98. The average Bonchev–Trinajstić information content (AvgIpc) is 2.34. The van der Waals surface area contributed by atoms with Gasteiger partial charge in [-0.1, -0.05) is 0 Å². The highest BCUT2D eigenvalue weighted by Gasteiger charge is 2.21. The maximum atomic E-state index is 10.7. The molecule has 18 heavy (non-hydrogen) atoms. The average molecular weight is 250 g/mol. The summed E-state index contributed by atoms with van der Waals surface area (Å²) in [6, 6.07) is 5.00. The summed E-state index contributed by atoms with van der Waals surface area (Å²) in [5.41, 5.74) is 6.84. The number of nitro groups is 1. The smallest absolute Gasteiger partial charge is 0.273 e. The highest BCUT2D eigenvalue weighted by atomic mass is 16.6. The van der Waals surface area contributed by atoms with E-state index in [2.05, 4.69) is 0 Å². The van der Waals surface area contributed by atoms with E-state index in [1.165, 1.54) is 12.1 Å². The lowest BCUT2D eigenvalue weighted by Gasteiger charge is -2.27. The fourth-order valence-electron chi connectivity index (χ4n) is 2.22. The van der Waals surface area contributed by atoms with Crippen molar-refractivity contribution in [3.63, 3.8) is 0 Å². The summed E-state index contributed by atoms with van der Waals surface area (Å²) in [4.78, 5) is 10.3. The predicted molar refractivity (Wildman–Crippen MR) is 68.7 cm³/mol. The number of aryl methyl sites for hydroxylation is 1. The lowest BCUT2D eigenvalue weighted by Crippen LogP contribution is -2.31. The van der Waals surface area contributed by atoms with Crippen LogP contribution in [0.2, 0.25) is 0 Å². The molecular formula is C13H18N2O3. The Bertz CT molecular complexity index is 440. The van der Waals surface area contributed by atoms with E-state index >= 15 is 0 Å². The molecule has 0 saturated heterocycles. The van der Waals surface area contributed by atoms with Crippen molar-refractivity contribution >= 4 is 5.69 Å². The van der Waals surface area contributed by atoms with Gasteiger partial charge in [-0.25, -0.2) is 0 Å². The van der Waals surface area contributed by atoms with E-state index < -0.39 is 4.92 Å². The van der Waals surface area contributed by atoms with Gasteiger partial charge in [0.2, 0.25) is 0 Å². The van der Waals surface area contributed by atoms with Gasteiger partial charge in [0.25, 0.3) is 5.69 Å². The Balaban J connectivity index is 2.08. The SMILES string of the molecule is Cc1ccc([N+](=O)[O-])cc1OC1CCC(N)CC1. The third-order valence-electron chi connectivity index (χ3n) is 3.40. The molecule has 1 aromatic carbocycles. The van der Waals surface area contributed by atoms with E-state index in [1.807, 2.05) is 6.92 Å². The molecule has 1 aliphatic carbocycles. The first-order valence-corrected chi connectivity index (χ1v) is 6.23. The summed E-state index contributed by atoms with van der Waals surface area (Å²) >= 11 is 0. The second kappa shape index (κ2) is 5.35. The minimum atomic E-state index is -0.400. The van der Waals surface area contributed by atoms with Crippen molar-refractivity contribution in [2.24, 2.45) is 5.73 Å². The van der Waals surface area contributed by atoms with Gasteiger partial charge in [0.1, 0.15) is 5.75 Å². The number of rotatable bonds is 3. The van der Waals surface area contributed by atoms with Gasteiger partial charge in [-0.2, -0.15) is 0 Å². The first kappa shape index (κ1) is 12.8. The van der Waals surface area contributed by atoms with Gasteiger partial charge in [-0.3, -0.25) is 10.1 Å². The molecule has 0 aromatic heterocycles. The Morgan fingerprint density at radius 1 is 1.33 bits per heavy atom. The lowest BCUT2D eigenvalue weighted by atomic mass is 9.93. The van der Waals surface area contributed by atoms with E-state index in [-0.39, 0.29) is 17.8 Å². The van der Waals surface area contributed by atoms with E-state index in [0.29, 0.717) is 5.75 Å². The highest BCUT2D eigenvalue weighted by Crippen LogP contribution is 2.28. The topological polar surface area (TPSA) is 78.4 Å². The first-order chi connectivity index (χ1) is 8.56. The second-order valence-electron chi connectivity index (χ2n) is 4.86. The van der Waals surface area contributed by atoms with E-state index in [4.69, 9.17) is 10.5 Å². The van der Waals surface area contributed by atoms with Crippen LogP contribution in [0.4, 0.5) is 5.69 Å². The number of nitrogens with two attached hydrogens (primary N) is 1. The van der Waals surface area contributed by atoms with Gasteiger partial charge >= 0.3 is 0 Å². The van der Waals surface area contributed by atoms with Crippen LogP contribution in [0, 0.1) is 17.0 Å².